The Bertz CT molecular complexity index is 473. The summed E-state index contributed by atoms with van der Waals surface area (Å²) in [5.41, 5.74) is 4.07. The summed E-state index contributed by atoms with van der Waals surface area (Å²) in [6.07, 6.45) is -5.90. The Morgan fingerprint density at radius 2 is 1.84 bits per heavy atom. The first-order chi connectivity index (χ1) is 8.70. The van der Waals surface area contributed by atoms with Crippen LogP contribution in [0.2, 0.25) is 0 Å². The van der Waals surface area contributed by atoms with Gasteiger partial charge in [-0.3, -0.25) is 0 Å². The lowest BCUT2D eigenvalue weighted by molar-refractivity contribution is -0.137. The molecule has 0 heterocycles. The lowest BCUT2D eigenvalue weighted by Crippen LogP contribution is -2.13. The third kappa shape index (κ3) is 4.72. The summed E-state index contributed by atoms with van der Waals surface area (Å²) in [5, 5.41) is 0. The lowest BCUT2D eigenvalue weighted by atomic mass is 10.2. The molecule has 0 unspecified atom stereocenters. The van der Waals surface area contributed by atoms with Gasteiger partial charge in [0.15, 0.2) is 0 Å². The minimum Gasteiger partial charge on any atom is -0.462 e. The molecule has 0 saturated carbocycles. The second kappa shape index (κ2) is 5.85. The van der Waals surface area contributed by atoms with Crippen molar-refractivity contribution in [3.8, 4) is 0 Å². The largest absolute Gasteiger partial charge is 0.462 e. The maximum Gasteiger partial charge on any atom is 0.389 e. The summed E-state index contributed by atoms with van der Waals surface area (Å²) >= 11 is 0. The van der Waals surface area contributed by atoms with Gasteiger partial charge in [-0.2, -0.15) is 13.2 Å². The third-order valence-electron chi connectivity index (χ3n) is 2.14. The molecule has 3 nitrogen and oxygen atoms in total. The summed E-state index contributed by atoms with van der Waals surface area (Å²) < 4.78 is 65.9. The van der Waals surface area contributed by atoms with Gasteiger partial charge in [0.05, 0.1) is 17.9 Å². The Hall–Kier alpha value is -1.86. The lowest BCUT2D eigenvalue weighted by Gasteiger charge is -2.08. The fourth-order valence-corrected chi connectivity index (χ4v) is 1.24. The van der Waals surface area contributed by atoms with Crippen LogP contribution in [0.25, 0.3) is 0 Å². The number of rotatable bonds is 4. The van der Waals surface area contributed by atoms with Gasteiger partial charge in [0, 0.05) is 12.5 Å². The van der Waals surface area contributed by atoms with E-state index in [2.05, 4.69) is 4.74 Å². The van der Waals surface area contributed by atoms with E-state index in [-0.39, 0.29) is 0 Å². The summed E-state index contributed by atoms with van der Waals surface area (Å²) in [5.74, 6) is -3.41. The highest BCUT2D eigenvalue weighted by Crippen LogP contribution is 2.21. The Balaban J connectivity index is 2.57. The van der Waals surface area contributed by atoms with Gasteiger partial charge in [-0.25, -0.2) is 13.6 Å². The summed E-state index contributed by atoms with van der Waals surface area (Å²) in [6, 6.07) is 1.14. The molecule has 1 aromatic rings. The van der Waals surface area contributed by atoms with Crippen molar-refractivity contribution in [2.75, 3.05) is 12.3 Å². The van der Waals surface area contributed by atoms with E-state index in [9.17, 15) is 26.7 Å². The van der Waals surface area contributed by atoms with Crippen LogP contribution in [-0.4, -0.2) is 18.8 Å². The molecule has 2 N–H and O–H groups in total. The molecule has 1 aromatic carbocycles. The second-order valence-corrected chi connectivity index (χ2v) is 3.71. The van der Waals surface area contributed by atoms with Crippen molar-refractivity contribution in [1.29, 1.82) is 0 Å². The molecule has 106 valence electrons. The molecule has 0 amide bonds. The molecule has 0 fully saturated rings. The number of hydrogen-bond acceptors (Lipinski definition) is 3. The van der Waals surface area contributed by atoms with Crippen LogP contribution in [0.4, 0.5) is 27.6 Å². The standard InChI is InChI=1S/C11H10F5NO2/c12-7-5-8(13)9(17)4-6(7)10(18)19-3-1-2-11(14,15)16/h4-5H,1-3,17H2. The van der Waals surface area contributed by atoms with Gasteiger partial charge < -0.3 is 10.5 Å². The normalized spacial score (nSPS) is 11.4. The van der Waals surface area contributed by atoms with E-state index in [0.29, 0.717) is 6.07 Å². The number of nitrogens with two attached hydrogens (primary N) is 1. The predicted octanol–water partition coefficient (Wildman–Crippen LogP) is 3.05. The number of halogens is 5. The Labute approximate surface area is 105 Å². The van der Waals surface area contributed by atoms with Gasteiger partial charge in [0.25, 0.3) is 0 Å². The molecule has 0 atom stereocenters. The Kier molecular flexibility index (Phi) is 4.68. The van der Waals surface area contributed by atoms with Crippen LogP contribution in [0.15, 0.2) is 12.1 Å². The number of nitrogen functional groups attached to an aromatic ring is 1. The first kappa shape index (κ1) is 15.2. The van der Waals surface area contributed by atoms with Crippen LogP contribution in [0.5, 0.6) is 0 Å². The number of benzene rings is 1. The number of hydrogen-bond donors (Lipinski definition) is 1. The average molecular weight is 283 g/mol. The van der Waals surface area contributed by atoms with Gasteiger partial charge in [-0.1, -0.05) is 0 Å². The van der Waals surface area contributed by atoms with Gasteiger partial charge in [0.1, 0.15) is 11.6 Å². The van der Waals surface area contributed by atoms with E-state index < -0.39 is 54.5 Å². The molecule has 8 heteroatoms. The van der Waals surface area contributed by atoms with Crippen molar-refractivity contribution in [3.63, 3.8) is 0 Å². The summed E-state index contributed by atoms with van der Waals surface area (Å²) in [4.78, 5) is 11.3. The number of alkyl halides is 3. The smallest absolute Gasteiger partial charge is 0.389 e. The van der Waals surface area contributed by atoms with Crippen molar-refractivity contribution in [3.05, 3.63) is 29.3 Å². The third-order valence-corrected chi connectivity index (χ3v) is 2.14. The maximum atomic E-state index is 13.2. The quantitative estimate of drug-likeness (QED) is 0.400. The fraction of sp³-hybridized carbons (Fsp3) is 0.364. The molecule has 0 aliphatic carbocycles. The number of carbonyl (C=O) groups excluding carboxylic acids is 1. The zero-order valence-electron chi connectivity index (χ0n) is 9.56. The average Bonchev–Trinajstić information content (AvgIpc) is 2.28. The van der Waals surface area contributed by atoms with Gasteiger partial charge in [0.2, 0.25) is 0 Å². The van der Waals surface area contributed by atoms with Gasteiger partial charge >= 0.3 is 12.1 Å². The van der Waals surface area contributed by atoms with Crippen molar-refractivity contribution in [2.45, 2.75) is 19.0 Å². The predicted molar refractivity (Wildman–Crippen MR) is 56.3 cm³/mol. The SMILES string of the molecule is Nc1cc(C(=O)OCCCC(F)(F)F)c(F)cc1F. The first-order valence-electron chi connectivity index (χ1n) is 5.19. The van der Waals surface area contributed by atoms with E-state index >= 15 is 0 Å². The van der Waals surface area contributed by atoms with E-state index in [1.165, 1.54) is 0 Å². The van der Waals surface area contributed by atoms with Crippen LogP contribution in [0, 0.1) is 11.6 Å². The Morgan fingerprint density at radius 3 is 2.42 bits per heavy atom. The van der Waals surface area contributed by atoms with E-state index in [4.69, 9.17) is 5.73 Å². The van der Waals surface area contributed by atoms with E-state index in [0.717, 1.165) is 6.07 Å². The van der Waals surface area contributed by atoms with E-state index in [1.54, 1.807) is 0 Å². The van der Waals surface area contributed by atoms with Gasteiger partial charge in [-0.05, 0) is 12.5 Å². The molecule has 0 bridgehead atoms. The highest BCUT2D eigenvalue weighted by molar-refractivity contribution is 5.90. The zero-order chi connectivity index (χ0) is 14.6. The molecule has 0 saturated heterocycles. The molecule has 0 radical (unpaired) electrons. The second-order valence-electron chi connectivity index (χ2n) is 3.71. The van der Waals surface area contributed by atoms with Crippen molar-refractivity contribution < 1.29 is 31.5 Å². The van der Waals surface area contributed by atoms with Gasteiger partial charge in [-0.15, -0.1) is 0 Å². The van der Waals surface area contributed by atoms with Crippen LogP contribution in [0.3, 0.4) is 0 Å². The summed E-state index contributed by atoms with van der Waals surface area (Å²) in [7, 11) is 0. The molecule has 19 heavy (non-hydrogen) atoms. The first-order valence-corrected chi connectivity index (χ1v) is 5.19. The molecule has 0 aromatic heterocycles. The zero-order valence-corrected chi connectivity index (χ0v) is 9.56. The maximum absolute atomic E-state index is 13.2. The number of carbonyl (C=O) groups is 1. The fourth-order valence-electron chi connectivity index (χ4n) is 1.24. The van der Waals surface area contributed by atoms with Crippen molar-refractivity contribution in [1.82, 2.24) is 0 Å². The molecule has 1 rings (SSSR count). The molecular weight excluding hydrogens is 273 g/mol. The van der Waals surface area contributed by atoms with Crippen molar-refractivity contribution >= 4 is 11.7 Å². The minimum absolute atomic E-state index is 0.404. The minimum atomic E-state index is -4.35. The highest BCUT2D eigenvalue weighted by Gasteiger charge is 2.26. The highest BCUT2D eigenvalue weighted by atomic mass is 19.4. The molecule has 0 aliphatic rings. The number of anilines is 1. The van der Waals surface area contributed by atoms with Crippen LogP contribution in [-0.2, 0) is 4.74 Å². The van der Waals surface area contributed by atoms with Crippen LogP contribution in [0.1, 0.15) is 23.2 Å². The van der Waals surface area contributed by atoms with Crippen LogP contribution < -0.4 is 5.73 Å². The van der Waals surface area contributed by atoms with Crippen LogP contribution >= 0.6 is 0 Å². The summed E-state index contributed by atoms with van der Waals surface area (Å²) in [6.45, 7) is -0.519. The topological polar surface area (TPSA) is 52.3 Å². The molecule has 0 aliphatic heterocycles. The molecule has 0 spiro atoms. The Morgan fingerprint density at radius 1 is 1.21 bits per heavy atom. The van der Waals surface area contributed by atoms with E-state index in [1.807, 2.05) is 0 Å². The number of esters is 1. The monoisotopic (exact) mass is 283 g/mol. The molecular formula is C11H10F5NO2. The van der Waals surface area contributed by atoms with Crippen molar-refractivity contribution in [2.24, 2.45) is 0 Å². The number of ether oxygens (including phenoxy) is 1.